The first kappa shape index (κ1) is 14.4. The Morgan fingerprint density at radius 3 is 2.43 bits per heavy atom. The Balaban J connectivity index is 2.35. The molecule has 0 saturated heterocycles. The smallest absolute Gasteiger partial charge is 0.434 e. The van der Waals surface area contributed by atoms with Gasteiger partial charge in [-0.15, -0.1) is 0 Å². The largest absolute Gasteiger partial charge is 0.479 e. The molecule has 12 nitrogen and oxygen atoms in total. The van der Waals surface area contributed by atoms with Crippen LogP contribution in [0.15, 0.2) is 24.4 Å². The lowest BCUT2D eigenvalue weighted by Gasteiger charge is -2.05. The summed E-state index contributed by atoms with van der Waals surface area (Å²) in [5, 5.41) is 32.4. The molecule has 120 valence electrons. The molecule has 0 aliphatic carbocycles. The van der Waals surface area contributed by atoms with Crippen LogP contribution < -0.4 is 4.74 Å². The number of ether oxygens (including phenoxy) is 1. The van der Waals surface area contributed by atoms with Crippen molar-refractivity contribution in [2.24, 2.45) is 7.05 Å². The van der Waals surface area contributed by atoms with Crippen molar-refractivity contribution in [3.63, 3.8) is 0 Å². The summed E-state index contributed by atoms with van der Waals surface area (Å²) in [6, 6.07) is 2.68. The quantitative estimate of drug-likeness (QED) is 0.574. The summed E-state index contributed by atoms with van der Waals surface area (Å²) in [5.41, 5.74) is -1.22. The van der Waals surface area contributed by atoms with Gasteiger partial charge in [0, 0.05) is 6.07 Å². The van der Waals surface area contributed by atoms with Gasteiger partial charge in [0.25, 0.3) is 5.69 Å². The van der Waals surface area contributed by atoms with Crippen LogP contribution in [0.25, 0.3) is 0 Å². The Bertz CT molecular complexity index is 836. The van der Waals surface area contributed by atoms with Crippen LogP contribution in [0.3, 0.4) is 0 Å². The number of benzene rings is 1. The topological polar surface area (TPSA) is 156 Å². The molecule has 0 N–H and O–H groups in total. The second kappa shape index (κ2) is 6.05. The van der Waals surface area contributed by atoms with Gasteiger partial charge in [0.2, 0.25) is 0 Å². The van der Waals surface area contributed by atoms with Crippen molar-refractivity contribution in [3.05, 3.63) is 60.4 Å². The number of nitro benzene ring substituents is 2. The van der Waals surface area contributed by atoms with Crippen molar-refractivity contribution < 1.29 is 20.9 Å². The normalized spacial score (nSPS) is 12.3. The molecule has 0 bridgehead atoms. The molecule has 1 heterocycles. The Hall–Kier alpha value is -3.57. The number of hydrogen-bond acceptors (Lipinski definition) is 8. The summed E-state index contributed by atoms with van der Waals surface area (Å²) < 4.78 is 14.0. The Morgan fingerprint density at radius 1 is 1.22 bits per heavy atom. The fourth-order valence-electron chi connectivity index (χ4n) is 1.68. The summed E-state index contributed by atoms with van der Waals surface area (Å²) >= 11 is 0. The standard InChI is InChI=1S/C11H9N5O7/c1-13-8(5-12-11(13)16(21)22)6-23-10-3-2-7(14(17)18)4-9(10)15(19)20/h2-5H,6H2,1H3/i6D. The van der Waals surface area contributed by atoms with E-state index in [1.165, 1.54) is 7.05 Å². The third-order valence-corrected chi connectivity index (χ3v) is 2.82. The molecule has 0 spiro atoms. The highest BCUT2D eigenvalue weighted by Crippen LogP contribution is 2.31. The van der Waals surface area contributed by atoms with Gasteiger partial charge in [0.05, 0.1) is 24.3 Å². The number of aromatic nitrogens is 2. The van der Waals surface area contributed by atoms with E-state index in [-0.39, 0.29) is 11.4 Å². The molecule has 0 amide bonds. The van der Waals surface area contributed by atoms with Crippen LogP contribution in [0.1, 0.15) is 7.06 Å². The van der Waals surface area contributed by atoms with Gasteiger partial charge in [-0.05, 0) is 11.0 Å². The first-order valence-electron chi connectivity index (χ1n) is 6.48. The third-order valence-electron chi connectivity index (χ3n) is 2.82. The van der Waals surface area contributed by atoms with Crippen molar-refractivity contribution in [3.8, 4) is 5.75 Å². The fourth-order valence-corrected chi connectivity index (χ4v) is 1.68. The number of non-ortho nitro benzene ring substituents is 1. The van der Waals surface area contributed by atoms with Crippen LogP contribution in [-0.2, 0) is 13.6 Å². The minimum Gasteiger partial charge on any atom is -0.479 e. The molecule has 0 aliphatic heterocycles. The molecule has 0 fully saturated rings. The van der Waals surface area contributed by atoms with Gasteiger partial charge < -0.3 is 14.9 Å². The molecular formula is C11H9N5O7. The second-order valence-corrected chi connectivity index (χ2v) is 4.20. The van der Waals surface area contributed by atoms with E-state index in [1.807, 2.05) is 0 Å². The zero-order chi connectivity index (χ0) is 18.0. The summed E-state index contributed by atoms with van der Waals surface area (Å²) in [4.78, 5) is 33.5. The number of imidazole rings is 1. The van der Waals surface area contributed by atoms with Crippen LogP contribution in [0, 0.1) is 30.3 Å². The highest BCUT2D eigenvalue weighted by molar-refractivity contribution is 5.53. The van der Waals surface area contributed by atoms with Crippen molar-refractivity contribution in [1.29, 1.82) is 0 Å². The monoisotopic (exact) mass is 324 g/mol. The minimum absolute atomic E-state index is 0.0191. The average Bonchev–Trinajstić information content (AvgIpc) is 2.89. The number of hydrogen-bond donors (Lipinski definition) is 0. The molecule has 1 aromatic heterocycles. The van der Waals surface area contributed by atoms with Crippen molar-refractivity contribution in [2.75, 3.05) is 0 Å². The maximum absolute atomic E-state index is 11.0. The molecule has 1 aromatic carbocycles. The zero-order valence-corrected chi connectivity index (χ0v) is 11.5. The van der Waals surface area contributed by atoms with E-state index in [9.17, 15) is 30.3 Å². The van der Waals surface area contributed by atoms with E-state index in [1.54, 1.807) is 0 Å². The molecule has 0 saturated carbocycles. The van der Waals surface area contributed by atoms with Gasteiger partial charge in [-0.3, -0.25) is 20.2 Å². The average molecular weight is 324 g/mol. The molecular weight excluding hydrogens is 314 g/mol. The Labute approximate surface area is 128 Å². The summed E-state index contributed by atoms with van der Waals surface area (Å²) in [5.74, 6) is -0.904. The molecule has 2 aromatic rings. The number of rotatable bonds is 6. The van der Waals surface area contributed by atoms with Gasteiger partial charge in [-0.25, -0.2) is 4.57 Å². The summed E-state index contributed by atoms with van der Waals surface area (Å²) in [6.45, 7) is -1.56. The molecule has 0 radical (unpaired) electrons. The van der Waals surface area contributed by atoms with Crippen molar-refractivity contribution in [2.45, 2.75) is 6.58 Å². The predicted molar refractivity (Wildman–Crippen MR) is 73.9 cm³/mol. The van der Waals surface area contributed by atoms with Crippen LogP contribution >= 0.6 is 0 Å². The number of nitro groups is 3. The second-order valence-electron chi connectivity index (χ2n) is 4.20. The third kappa shape index (κ3) is 3.20. The van der Waals surface area contributed by atoms with Crippen LogP contribution in [0.4, 0.5) is 17.3 Å². The molecule has 1 atom stereocenters. The van der Waals surface area contributed by atoms with Crippen molar-refractivity contribution in [1.82, 2.24) is 9.55 Å². The van der Waals surface area contributed by atoms with E-state index in [0.717, 1.165) is 22.9 Å². The summed E-state index contributed by atoms with van der Waals surface area (Å²) in [7, 11) is 1.29. The van der Waals surface area contributed by atoms with Gasteiger partial charge in [0.1, 0.15) is 12.8 Å². The molecule has 2 rings (SSSR count). The molecule has 0 aliphatic rings. The van der Waals surface area contributed by atoms with E-state index < -0.39 is 38.7 Å². The molecule has 12 heteroatoms. The van der Waals surface area contributed by atoms with E-state index in [4.69, 9.17) is 6.11 Å². The van der Waals surface area contributed by atoms with E-state index >= 15 is 0 Å². The Morgan fingerprint density at radius 2 is 1.91 bits per heavy atom. The van der Waals surface area contributed by atoms with Gasteiger partial charge in [0.15, 0.2) is 11.4 Å². The fraction of sp³-hybridized carbons (Fsp3) is 0.182. The summed E-state index contributed by atoms with van der Waals surface area (Å²) in [6.07, 6.45) is 1.03. The van der Waals surface area contributed by atoms with Crippen molar-refractivity contribution >= 4 is 17.3 Å². The Kier molecular flexibility index (Phi) is 3.78. The zero-order valence-electron chi connectivity index (χ0n) is 12.5. The first-order valence-corrected chi connectivity index (χ1v) is 5.90. The van der Waals surface area contributed by atoms with E-state index in [2.05, 4.69) is 4.98 Å². The molecule has 23 heavy (non-hydrogen) atoms. The van der Waals surface area contributed by atoms with E-state index in [0.29, 0.717) is 6.07 Å². The van der Waals surface area contributed by atoms with Crippen LogP contribution in [-0.4, -0.2) is 24.3 Å². The highest BCUT2D eigenvalue weighted by Gasteiger charge is 2.22. The van der Waals surface area contributed by atoms with Gasteiger partial charge in [-0.1, -0.05) is 4.98 Å². The lowest BCUT2D eigenvalue weighted by molar-refractivity contribution is -0.396. The highest BCUT2D eigenvalue weighted by atomic mass is 16.6. The number of nitrogens with zero attached hydrogens (tertiary/aromatic N) is 5. The maximum atomic E-state index is 11.0. The van der Waals surface area contributed by atoms with Gasteiger partial charge in [-0.2, -0.15) is 0 Å². The SMILES string of the molecule is [2H]C(Oc1ccc([N+](=O)[O-])cc1[N+](=O)[O-])c1cnc([N+](=O)[O-])n1C. The lowest BCUT2D eigenvalue weighted by atomic mass is 10.2. The van der Waals surface area contributed by atoms with Crippen LogP contribution in [0.5, 0.6) is 5.75 Å². The van der Waals surface area contributed by atoms with Crippen LogP contribution in [0.2, 0.25) is 0 Å². The predicted octanol–water partition coefficient (Wildman–Crippen LogP) is 1.72. The minimum atomic E-state index is -1.56. The lowest BCUT2D eigenvalue weighted by Crippen LogP contribution is -2.06. The maximum Gasteiger partial charge on any atom is 0.434 e. The van der Waals surface area contributed by atoms with Gasteiger partial charge >= 0.3 is 11.6 Å². The first-order chi connectivity index (χ1) is 11.2. The molecule has 1 unspecified atom stereocenters.